The van der Waals surface area contributed by atoms with Gasteiger partial charge in [-0.3, -0.25) is 0 Å². The maximum absolute atomic E-state index is 9.66. The lowest BCUT2D eigenvalue weighted by atomic mass is 10.2. The molecule has 2 atom stereocenters. The summed E-state index contributed by atoms with van der Waals surface area (Å²) < 4.78 is 5.08. The van der Waals surface area contributed by atoms with Crippen molar-refractivity contribution in [3.05, 3.63) is 24.3 Å². The van der Waals surface area contributed by atoms with Gasteiger partial charge in [-0.1, -0.05) is 0 Å². The Bertz CT molecular complexity index is 310. The number of aliphatic hydroxyl groups is 1. The Morgan fingerprint density at radius 3 is 2.53 bits per heavy atom. The Labute approximate surface area is 90.1 Å². The fourth-order valence-corrected chi connectivity index (χ4v) is 2.01. The van der Waals surface area contributed by atoms with E-state index in [-0.39, 0.29) is 12.1 Å². The van der Waals surface area contributed by atoms with E-state index in [1.807, 2.05) is 24.3 Å². The van der Waals surface area contributed by atoms with E-state index in [2.05, 4.69) is 5.32 Å². The first-order valence-corrected chi connectivity index (χ1v) is 5.38. The van der Waals surface area contributed by atoms with E-state index in [1.165, 1.54) is 0 Å². The molecule has 82 valence electrons. The highest BCUT2D eigenvalue weighted by molar-refractivity contribution is 5.47. The molecule has 0 spiro atoms. The number of hydrogen-bond acceptors (Lipinski definition) is 3. The minimum Gasteiger partial charge on any atom is -0.497 e. The summed E-state index contributed by atoms with van der Waals surface area (Å²) in [7, 11) is 1.66. The molecule has 0 saturated heterocycles. The van der Waals surface area contributed by atoms with E-state index in [0.717, 1.165) is 30.7 Å². The summed E-state index contributed by atoms with van der Waals surface area (Å²) in [6, 6.07) is 8.00. The number of aliphatic hydroxyl groups excluding tert-OH is 1. The van der Waals surface area contributed by atoms with E-state index in [4.69, 9.17) is 4.74 Å². The van der Waals surface area contributed by atoms with Crippen LogP contribution in [0.15, 0.2) is 24.3 Å². The van der Waals surface area contributed by atoms with Crippen LogP contribution in [0.3, 0.4) is 0 Å². The van der Waals surface area contributed by atoms with Gasteiger partial charge in [0.15, 0.2) is 0 Å². The van der Waals surface area contributed by atoms with Gasteiger partial charge in [-0.05, 0) is 43.5 Å². The molecule has 0 heterocycles. The third-order valence-electron chi connectivity index (χ3n) is 2.92. The van der Waals surface area contributed by atoms with Gasteiger partial charge in [0, 0.05) is 5.69 Å². The van der Waals surface area contributed by atoms with Crippen LogP contribution in [0.4, 0.5) is 5.69 Å². The normalized spacial score (nSPS) is 25.2. The topological polar surface area (TPSA) is 41.5 Å². The first-order valence-electron chi connectivity index (χ1n) is 5.38. The molecular formula is C12H17NO2. The zero-order chi connectivity index (χ0) is 10.7. The van der Waals surface area contributed by atoms with Gasteiger partial charge in [0.1, 0.15) is 5.75 Å². The summed E-state index contributed by atoms with van der Waals surface area (Å²) in [4.78, 5) is 0. The summed E-state index contributed by atoms with van der Waals surface area (Å²) in [5, 5.41) is 13.0. The third-order valence-corrected chi connectivity index (χ3v) is 2.92. The van der Waals surface area contributed by atoms with Crippen LogP contribution >= 0.6 is 0 Å². The van der Waals surface area contributed by atoms with E-state index in [9.17, 15) is 5.11 Å². The van der Waals surface area contributed by atoms with Gasteiger partial charge in [-0.15, -0.1) is 0 Å². The van der Waals surface area contributed by atoms with Crippen LogP contribution in [0.1, 0.15) is 19.3 Å². The van der Waals surface area contributed by atoms with Crippen molar-refractivity contribution in [2.45, 2.75) is 31.4 Å². The molecular weight excluding hydrogens is 190 g/mol. The standard InChI is InChI=1S/C12H17NO2/c1-15-10-7-5-9(6-8-10)13-11-3-2-4-12(11)14/h5-8,11-14H,2-4H2,1H3. The lowest BCUT2D eigenvalue weighted by Crippen LogP contribution is -2.27. The molecule has 0 aromatic heterocycles. The second-order valence-corrected chi connectivity index (χ2v) is 3.98. The van der Waals surface area contributed by atoms with Crippen molar-refractivity contribution in [3.63, 3.8) is 0 Å². The Balaban J connectivity index is 1.98. The van der Waals surface area contributed by atoms with Crippen molar-refractivity contribution in [1.82, 2.24) is 0 Å². The highest BCUT2D eigenvalue weighted by Gasteiger charge is 2.24. The smallest absolute Gasteiger partial charge is 0.119 e. The van der Waals surface area contributed by atoms with Crippen LogP contribution in [0, 0.1) is 0 Å². The molecule has 1 aliphatic rings. The molecule has 0 radical (unpaired) electrons. The van der Waals surface area contributed by atoms with Crippen LogP contribution in [-0.4, -0.2) is 24.4 Å². The molecule has 1 saturated carbocycles. The average molecular weight is 207 g/mol. The van der Waals surface area contributed by atoms with Crippen LogP contribution in [0.2, 0.25) is 0 Å². The predicted molar refractivity (Wildman–Crippen MR) is 60.3 cm³/mol. The van der Waals surface area contributed by atoms with Crippen molar-refractivity contribution < 1.29 is 9.84 Å². The Morgan fingerprint density at radius 1 is 1.27 bits per heavy atom. The van der Waals surface area contributed by atoms with Crippen LogP contribution in [0.25, 0.3) is 0 Å². The first-order chi connectivity index (χ1) is 7.29. The highest BCUT2D eigenvalue weighted by Crippen LogP contribution is 2.24. The van der Waals surface area contributed by atoms with E-state index >= 15 is 0 Å². The number of ether oxygens (including phenoxy) is 1. The predicted octanol–water partition coefficient (Wildman–Crippen LogP) is 2.02. The Hall–Kier alpha value is -1.22. The number of nitrogens with one attached hydrogen (secondary N) is 1. The van der Waals surface area contributed by atoms with Crippen LogP contribution < -0.4 is 10.1 Å². The number of hydrogen-bond donors (Lipinski definition) is 2. The molecule has 2 unspecified atom stereocenters. The van der Waals surface area contributed by atoms with Crippen LogP contribution in [0.5, 0.6) is 5.75 Å². The molecule has 1 aliphatic carbocycles. The minimum atomic E-state index is -0.202. The van der Waals surface area contributed by atoms with E-state index < -0.39 is 0 Å². The zero-order valence-electron chi connectivity index (χ0n) is 8.94. The van der Waals surface area contributed by atoms with Gasteiger partial charge in [0.25, 0.3) is 0 Å². The number of rotatable bonds is 3. The molecule has 1 aromatic rings. The second kappa shape index (κ2) is 4.53. The maximum atomic E-state index is 9.66. The van der Waals surface area contributed by atoms with E-state index in [0.29, 0.717) is 0 Å². The summed E-state index contributed by atoms with van der Waals surface area (Å²) in [6.07, 6.45) is 2.86. The zero-order valence-corrected chi connectivity index (χ0v) is 8.94. The van der Waals surface area contributed by atoms with E-state index in [1.54, 1.807) is 7.11 Å². The van der Waals surface area contributed by atoms with Gasteiger partial charge in [0.2, 0.25) is 0 Å². The first kappa shape index (κ1) is 10.3. The monoisotopic (exact) mass is 207 g/mol. The van der Waals surface area contributed by atoms with Gasteiger partial charge in [0.05, 0.1) is 19.3 Å². The van der Waals surface area contributed by atoms with Gasteiger partial charge >= 0.3 is 0 Å². The molecule has 0 amide bonds. The summed E-state index contributed by atoms with van der Waals surface area (Å²) in [6.45, 7) is 0. The Kier molecular flexibility index (Phi) is 3.11. The third kappa shape index (κ3) is 2.42. The number of anilines is 1. The van der Waals surface area contributed by atoms with Crippen molar-refractivity contribution in [2.75, 3.05) is 12.4 Å². The molecule has 3 nitrogen and oxygen atoms in total. The lowest BCUT2D eigenvalue weighted by Gasteiger charge is -2.17. The number of benzene rings is 1. The minimum absolute atomic E-state index is 0.202. The SMILES string of the molecule is COc1ccc(NC2CCCC2O)cc1. The summed E-state index contributed by atoms with van der Waals surface area (Å²) in [5.74, 6) is 0.854. The maximum Gasteiger partial charge on any atom is 0.119 e. The van der Waals surface area contributed by atoms with Crippen LogP contribution in [-0.2, 0) is 0 Å². The largest absolute Gasteiger partial charge is 0.497 e. The second-order valence-electron chi connectivity index (χ2n) is 3.98. The molecule has 3 heteroatoms. The molecule has 0 bridgehead atoms. The number of methoxy groups -OCH3 is 1. The van der Waals surface area contributed by atoms with Crippen molar-refractivity contribution in [2.24, 2.45) is 0 Å². The fourth-order valence-electron chi connectivity index (χ4n) is 2.01. The molecule has 1 fully saturated rings. The summed E-state index contributed by atoms with van der Waals surface area (Å²) >= 11 is 0. The van der Waals surface area contributed by atoms with Gasteiger partial charge in [-0.25, -0.2) is 0 Å². The lowest BCUT2D eigenvalue weighted by molar-refractivity contribution is 0.172. The Morgan fingerprint density at radius 2 is 2.00 bits per heavy atom. The molecule has 15 heavy (non-hydrogen) atoms. The quantitative estimate of drug-likeness (QED) is 0.796. The van der Waals surface area contributed by atoms with Crippen molar-refractivity contribution >= 4 is 5.69 Å². The molecule has 2 rings (SSSR count). The molecule has 0 aliphatic heterocycles. The van der Waals surface area contributed by atoms with Crippen molar-refractivity contribution in [1.29, 1.82) is 0 Å². The average Bonchev–Trinajstić information content (AvgIpc) is 2.66. The fraction of sp³-hybridized carbons (Fsp3) is 0.500. The summed E-state index contributed by atoms with van der Waals surface area (Å²) in [5.41, 5.74) is 1.04. The highest BCUT2D eigenvalue weighted by atomic mass is 16.5. The molecule has 2 N–H and O–H groups in total. The van der Waals surface area contributed by atoms with Crippen molar-refractivity contribution in [3.8, 4) is 5.75 Å². The van der Waals surface area contributed by atoms with Gasteiger partial charge < -0.3 is 15.2 Å². The van der Waals surface area contributed by atoms with Gasteiger partial charge in [-0.2, -0.15) is 0 Å². The molecule has 1 aromatic carbocycles.